The monoisotopic (exact) mass is 501 g/mol. The van der Waals surface area contributed by atoms with Crippen LogP contribution in [0.25, 0.3) is 0 Å². The normalized spacial score (nSPS) is 10.8. The van der Waals surface area contributed by atoms with Gasteiger partial charge in [-0.2, -0.15) is 0 Å². The molecule has 8 heteroatoms. The number of aliphatic imine (C=N–C) groups is 1. The van der Waals surface area contributed by atoms with Gasteiger partial charge in [0.15, 0.2) is 5.96 Å². The Hall–Kier alpha value is -2.20. The predicted octanol–water partition coefficient (Wildman–Crippen LogP) is 3.62. The van der Waals surface area contributed by atoms with E-state index >= 15 is 0 Å². The Morgan fingerprint density at radius 3 is 2.61 bits per heavy atom. The first-order valence-electron chi connectivity index (χ1n) is 8.71. The minimum absolute atomic E-state index is 0. The molecule has 2 aromatic carbocycles. The van der Waals surface area contributed by atoms with E-state index in [1.807, 2.05) is 24.3 Å². The number of methoxy groups -OCH3 is 2. The molecule has 0 saturated carbocycles. The Morgan fingerprint density at radius 2 is 1.89 bits per heavy atom. The highest BCUT2D eigenvalue weighted by Crippen LogP contribution is 2.22. The Bertz CT molecular complexity index is 756. The second-order valence-corrected chi connectivity index (χ2v) is 5.77. The van der Waals surface area contributed by atoms with Gasteiger partial charge in [-0.1, -0.05) is 6.07 Å². The highest BCUT2D eigenvalue weighted by molar-refractivity contribution is 14.0. The summed E-state index contributed by atoms with van der Waals surface area (Å²) in [6.07, 6.45) is 0.835. The lowest BCUT2D eigenvalue weighted by atomic mass is 10.2. The number of hydrogen-bond donors (Lipinski definition) is 3. The number of hydrogen-bond acceptors (Lipinski definition) is 5. The number of benzene rings is 2. The van der Waals surface area contributed by atoms with Crippen molar-refractivity contribution in [1.29, 1.82) is 0 Å². The van der Waals surface area contributed by atoms with Crippen LogP contribution in [-0.2, 0) is 11.3 Å². The number of ether oxygens (including phenoxy) is 3. The lowest BCUT2D eigenvalue weighted by Gasteiger charge is -2.14. The maximum Gasteiger partial charge on any atom is 0.195 e. The summed E-state index contributed by atoms with van der Waals surface area (Å²) in [6, 6.07) is 12.8. The molecule has 2 aromatic rings. The second-order valence-electron chi connectivity index (χ2n) is 5.77. The van der Waals surface area contributed by atoms with Crippen LogP contribution in [0.5, 0.6) is 17.2 Å². The van der Waals surface area contributed by atoms with E-state index in [0.717, 1.165) is 17.9 Å². The highest BCUT2D eigenvalue weighted by Gasteiger charge is 2.06. The maximum absolute atomic E-state index is 9.98. The van der Waals surface area contributed by atoms with Crippen LogP contribution in [-0.4, -0.2) is 45.5 Å². The fourth-order valence-electron chi connectivity index (χ4n) is 2.38. The minimum atomic E-state index is 0. The van der Waals surface area contributed by atoms with E-state index < -0.39 is 0 Å². The van der Waals surface area contributed by atoms with Crippen LogP contribution in [0.1, 0.15) is 12.0 Å². The quantitative estimate of drug-likeness (QED) is 0.211. The summed E-state index contributed by atoms with van der Waals surface area (Å²) in [7, 11) is 4.95. The zero-order valence-corrected chi connectivity index (χ0v) is 18.7. The molecule has 154 valence electrons. The summed E-state index contributed by atoms with van der Waals surface area (Å²) in [5.74, 6) is 2.24. The zero-order chi connectivity index (χ0) is 19.5. The van der Waals surface area contributed by atoms with E-state index in [1.165, 1.54) is 0 Å². The van der Waals surface area contributed by atoms with Gasteiger partial charge in [0.2, 0.25) is 0 Å². The summed E-state index contributed by atoms with van der Waals surface area (Å²) in [5, 5.41) is 16.4. The van der Waals surface area contributed by atoms with Gasteiger partial charge in [-0.15, -0.1) is 24.0 Å². The largest absolute Gasteiger partial charge is 0.508 e. The lowest BCUT2D eigenvalue weighted by molar-refractivity contribution is 0.172. The van der Waals surface area contributed by atoms with Crippen molar-refractivity contribution in [3.05, 3.63) is 48.0 Å². The Labute approximate surface area is 183 Å². The van der Waals surface area contributed by atoms with E-state index in [0.29, 0.717) is 37.0 Å². The molecular formula is C20H28IN3O4. The number of halogens is 1. The van der Waals surface area contributed by atoms with E-state index in [2.05, 4.69) is 15.6 Å². The molecule has 0 atom stereocenters. The molecule has 3 N–H and O–H groups in total. The molecule has 0 unspecified atom stereocenters. The van der Waals surface area contributed by atoms with Gasteiger partial charge in [0, 0.05) is 51.0 Å². The maximum atomic E-state index is 9.98. The number of rotatable bonds is 9. The van der Waals surface area contributed by atoms with Crippen LogP contribution in [0.3, 0.4) is 0 Å². The molecule has 0 radical (unpaired) electrons. The van der Waals surface area contributed by atoms with Crippen molar-refractivity contribution < 1.29 is 19.3 Å². The van der Waals surface area contributed by atoms with Crippen molar-refractivity contribution in [1.82, 2.24) is 5.32 Å². The van der Waals surface area contributed by atoms with Crippen LogP contribution in [0, 0.1) is 0 Å². The molecule has 0 amide bonds. The van der Waals surface area contributed by atoms with Crippen LogP contribution in [0.15, 0.2) is 47.5 Å². The predicted molar refractivity (Wildman–Crippen MR) is 122 cm³/mol. The fourth-order valence-corrected chi connectivity index (χ4v) is 2.38. The summed E-state index contributed by atoms with van der Waals surface area (Å²) in [4.78, 5) is 4.21. The van der Waals surface area contributed by atoms with E-state index in [1.54, 1.807) is 39.5 Å². The smallest absolute Gasteiger partial charge is 0.195 e. The number of phenols is 1. The Kier molecular flexibility index (Phi) is 11.1. The summed E-state index contributed by atoms with van der Waals surface area (Å²) >= 11 is 0. The summed E-state index contributed by atoms with van der Waals surface area (Å²) in [5.41, 5.74) is 1.56. The fraction of sp³-hybridized carbons (Fsp3) is 0.350. The number of phenolic OH excluding ortho intramolecular Hbond substituents is 1. The molecule has 0 bridgehead atoms. The average Bonchev–Trinajstić information content (AvgIpc) is 2.70. The van der Waals surface area contributed by atoms with Crippen molar-refractivity contribution in [2.75, 3.05) is 39.8 Å². The standard InChI is InChI=1S/C20H27N3O4.HI/c1-21-20(22-14-15-12-17(26-3)8-9-19(15)24)23-16-6-4-7-18(13-16)27-11-5-10-25-2;/h4,6-9,12-13,24H,5,10-11,14H2,1-3H3,(H2,21,22,23);1H. The zero-order valence-electron chi connectivity index (χ0n) is 16.4. The topological polar surface area (TPSA) is 84.3 Å². The van der Waals surface area contributed by atoms with Crippen molar-refractivity contribution in [3.63, 3.8) is 0 Å². The van der Waals surface area contributed by atoms with Gasteiger partial charge in [0.1, 0.15) is 17.2 Å². The van der Waals surface area contributed by atoms with Crippen molar-refractivity contribution in [2.45, 2.75) is 13.0 Å². The Balaban J connectivity index is 0.00000392. The molecule has 0 fully saturated rings. The minimum Gasteiger partial charge on any atom is -0.508 e. The first kappa shape index (κ1) is 23.8. The first-order valence-corrected chi connectivity index (χ1v) is 8.71. The summed E-state index contributed by atoms with van der Waals surface area (Å²) < 4.78 is 15.9. The molecule has 0 spiro atoms. The number of nitrogens with zero attached hydrogens (tertiary/aromatic N) is 1. The van der Waals surface area contributed by atoms with E-state index in [-0.39, 0.29) is 29.7 Å². The van der Waals surface area contributed by atoms with E-state index in [9.17, 15) is 5.11 Å². The number of guanidine groups is 1. The molecule has 2 rings (SSSR count). The summed E-state index contributed by atoms with van der Waals surface area (Å²) in [6.45, 7) is 1.67. The van der Waals surface area contributed by atoms with Crippen LogP contribution in [0.2, 0.25) is 0 Å². The third kappa shape index (κ3) is 7.81. The van der Waals surface area contributed by atoms with Crippen molar-refractivity contribution in [3.8, 4) is 17.2 Å². The average molecular weight is 501 g/mol. The molecule has 0 aliphatic rings. The number of nitrogens with one attached hydrogen (secondary N) is 2. The Morgan fingerprint density at radius 1 is 1.07 bits per heavy atom. The SMILES string of the molecule is CN=C(NCc1cc(OC)ccc1O)Nc1cccc(OCCCOC)c1.I. The molecule has 7 nitrogen and oxygen atoms in total. The third-order valence-electron chi connectivity index (χ3n) is 3.81. The van der Waals surface area contributed by atoms with Gasteiger partial charge in [0.25, 0.3) is 0 Å². The van der Waals surface area contributed by atoms with Gasteiger partial charge in [0.05, 0.1) is 13.7 Å². The van der Waals surface area contributed by atoms with Crippen LogP contribution in [0.4, 0.5) is 5.69 Å². The second kappa shape index (κ2) is 13.1. The molecule has 0 aromatic heterocycles. The molecule has 0 saturated heterocycles. The molecule has 0 heterocycles. The molecular weight excluding hydrogens is 473 g/mol. The molecule has 0 aliphatic carbocycles. The van der Waals surface area contributed by atoms with E-state index in [4.69, 9.17) is 14.2 Å². The van der Waals surface area contributed by atoms with Crippen LogP contribution >= 0.6 is 24.0 Å². The van der Waals surface area contributed by atoms with Gasteiger partial charge in [-0.3, -0.25) is 4.99 Å². The third-order valence-corrected chi connectivity index (χ3v) is 3.81. The van der Waals surface area contributed by atoms with Gasteiger partial charge >= 0.3 is 0 Å². The number of aromatic hydroxyl groups is 1. The van der Waals surface area contributed by atoms with Crippen molar-refractivity contribution in [2.24, 2.45) is 4.99 Å². The van der Waals surface area contributed by atoms with Crippen LogP contribution < -0.4 is 20.1 Å². The van der Waals surface area contributed by atoms with Gasteiger partial charge < -0.3 is 30.0 Å². The molecule has 0 aliphatic heterocycles. The van der Waals surface area contributed by atoms with Gasteiger partial charge in [-0.25, -0.2) is 0 Å². The van der Waals surface area contributed by atoms with Crippen molar-refractivity contribution >= 4 is 35.6 Å². The first-order chi connectivity index (χ1) is 13.2. The lowest BCUT2D eigenvalue weighted by Crippen LogP contribution is -2.30. The number of anilines is 1. The molecule has 28 heavy (non-hydrogen) atoms. The highest BCUT2D eigenvalue weighted by atomic mass is 127. The van der Waals surface area contributed by atoms with Gasteiger partial charge in [-0.05, 0) is 30.3 Å².